The molecule has 3 aromatic rings. The van der Waals surface area contributed by atoms with E-state index >= 15 is 0 Å². The van der Waals surface area contributed by atoms with Gasteiger partial charge in [0.2, 0.25) is 0 Å². The van der Waals surface area contributed by atoms with Gasteiger partial charge in [0.25, 0.3) is 0 Å². The number of halogens is 2. The molecule has 0 radical (unpaired) electrons. The highest BCUT2D eigenvalue weighted by molar-refractivity contribution is 6.35. The van der Waals surface area contributed by atoms with Crippen molar-refractivity contribution in [3.63, 3.8) is 0 Å². The maximum atomic E-state index is 12.1. The third-order valence-electron chi connectivity index (χ3n) is 3.36. The first kappa shape index (κ1) is 17.3. The van der Waals surface area contributed by atoms with Crippen molar-refractivity contribution in [3.05, 3.63) is 69.8 Å². The number of hydrogen-bond acceptors (Lipinski definition) is 5. The maximum Gasteiger partial charge on any atom is 0.338 e. The molecule has 0 saturated carbocycles. The number of ether oxygens (including phenoxy) is 2. The number of hydrogen-bond donors (Lipinski definition) is 0. The van der Waals surface area contributed by atoms with Crippen molar-refractivity contribution in [2.24, 2.45) is 0 Å². The number of carbonyl (C=O) groups is 1. The van der Waals surface area contributed by atoms with Crippen molar-refractivity contribution in [3.8, 4) is 17.1 Å². The van der Waals surface area contributed by atoms with Crippen LogP contribution >= 0.6 is 23.2 Å². The van der Waals surface area contributed by atoms with Crippen molar-refractivity contribution in [2.75, 3.05) is 7.11 Å². The molecule has 1 aromatic heterocycles. The van der Waals surface area contributed by atoms with E-state index in [9.17, 15) is 4.79 Å². The molecule has 0 spiro atoms. The van der Waals surface area contributed by atoms with Crippen LogP contribution in [0.25, 0.3) is 11.3 Å². The average molecular weight is 378 g/mol. The fourth-order valence-corrected chi connectivity index (χ4v) is 2.71. The molecule has 0 bridgehead atoms. The molecule has 0 atom stereocenters. The van der Waals surface area contributed by atoms with Crippen LogP contribution in [0.1, 0.15) is 16.1 Å². The lowest BCUT2D eigenvalue weighted by molar-refractivity contribution is 0.0464. The van der Waals surface area contributed by atoms with Crippen LogP contribution in [-0.4, -0.2) is 18.2 Å². The normalized spacial score (nSPS) is 10.5. The zero-order valence-corrected chi connectivity index (χ0v) is 14.7. The van der Waals surface area contributed by atoms with Gasteiger partial charge in [0.1, 0.15) is 18.1 Å². The minimum absolute atomic E-state index is 0.0313. The molecule has 0 aliphatic carbocycles. The Balaban J connectivity index is 1.68. The molecular formula is C18H13Cl2NO4. The van der Waals surface area contributed by atoms with Gasteiger partial charge in [0.15, 0.2) is 5.76 Å². The van der Waals surface area contributed by atoms with Gasteiger partial charge in [-0.2, -0.15) is 0 Å². The van der Waals surface area contributed by atoms with E-state index < -0.39 is 5.97 Å². The third-order valence-corrected chi connectivity index (χ3v) is 3.80. The second-order valence-electron chi connectivity index (χ2n) is 5.15. The number of aromatic nitrogens is 1. The van der Waals surface area contributed by atoms with Crippen molar-refractivity contribution < 1.29 is 18.8 Å². The van der Waals surface area contributed by atoms with E-state index in [2.05, 4.69) is 5.16 Å². The van der Waals surface area contributed by atoms with Crippen molar-refractivity contribution in [1.29, 1.82) is 0 Å². The van der Waals surface area contributed by atoms with Gasteiger partial charge >= 0.3 is 5.97 Å². The van der Waals surface area contributed by atoms with Gasteiger partial charge in [0, 0.05) is 21.7 Å². The van der Waals surface area contributed by atoms with Crippen LogP contribution in [-0.2, 0) is 11.3 Å². The molecule has 7 heteroatoms. The van der Waals surface area contributed by atoms with E-state index in [4.69, 9.17) is 37.2 Å². The first-order valence-electron chi connectivity index (χ1n) is 7.28. The number of methoxy groups -OCH3 is 1. The summed E-state index contributed by atoms with van der Waals surface area (Å²) in [6, 6.07) is 13.6. The molecule has 0 unspecified atom stereocenters. The summed E-state index contributed by atoms with van der Waals surface area (Å²) in [5.74, 6) is 0.714. The summed E-state index contributed by atoms with van der Waals surface area (Å²) in [5.41, 5.74) is 1.57. The Labute approximate surface area is 154 Å². The van der Waals surface area contributed by atoms with E-state index in [1.54, 1.807) is 13.2 Å². The number of nitrogens with zero attached hydrogens (tertiary/aromatic N) is 1. The molecule has 0 aliphatic heterocycles. The smallest absolute Gasteiger partial charge is 0.338 e. The number of rotatable bonds is 5. The fourth-order valence-electron chi connectivity index (χ4n) is 2.19. The van der Waals surface area contributed by atoms with Crippen LogP contribution in [0.15, 0.2) is 53.1 Å². The predicted octanol–water partition coefficient (Wildman–Crippen LogP) is 5.01. The van der Waals surface area contributed by atoms with Gasteiger partial charge in [-0.15, -0.1) is 0 Å². The van der Waals surface area contributed by atoms with Gasteiger partial charge in [-0.05, 0) is 30.3 Å². The van der Waals surface area contributed by atoms with E-state index in [0.717, 1.165) is 5.56 Å². The molecule has 3 rings (SSSR count). The number of benzene rings is 2. The highest BCUT2D eigenvalue weighted by Gasteiger charge is 2.13. The Morgan fingerprint density at radius 1 is 1.12 bits per heavy atom. The molecule has 0 saturated heterocycles. The molecule has 1 heterocycles. The summed E-state index contributed by atoms with van der Waals surface area (Å²) in [7, 11) is 1.59. The lowest BCUT2D eigenvalue weighted by atomic mass is 10.1. The zero-order chi connectivity index (χ0) is 17.8. The first-order valence-corrected chi connectivity index (χ1v) is 8.04. The lowest BCUT2D eigenvalue weighted by Crippen LogP contribution is -2.05. The van der Waals surface area contributed by atoms with Gasteiger partial charge < -0.3 is 14.0 Å². The predicted molar refractivity (Wildman–Crippen MR) is 94.1 cm³/mol. The summed E-state index contributed by atoms with van der Waals surface area (Å²) in [4.78, 5) is 12.1. The average Bonchev–Trinajstić information content (AvgIpc) is 3.08. The Hall–Kier alpha value is -2.50. The van der Waals surface area contributed by atoms with Crippen LogP contribution < -0.4 is 4.74 Å². The highest BCUT2D eigenvalue weighted by Crippen LogP contribution is 2.25. The van der Waals surface area contributed by atoms with Crippen LogP contribution in [0, 0.1) is 0 Å². The zero-order valence-electron chi connectivity index (χ0n) is 13.2. The van der Waals surface area contributed by atoms with E-state index in [0.29, 0.717) is 27.2 Å². The summed E-state index contributed by atoms with van der Waals surface area (Å²) in [6.45, 7) is -0.0313. The minimum atomic E-state index is -0.546. The van der Waals surface area contributed by atoms with Gasteiger partial charge in [-0.25, -0.2) is 4.79 Å². The Morgan fingerprint density at radius 2 is 1.88 bits per heavy atom. The van der Waals surface area contributed by atoms with Crippen LogP contribution in [0.4, 0.5) is 0 Å². The van der Waals surface area contributed by atoms with E-state index in [1.165, 1.54) is 18.2 Å². The lowest BCUT2D eigenvalue weighted by Gasteiger charge is -2.03. The number of carbonyl (C=O) groups excluding carboxylic acids is 1. The largest absolute Gasteiger partial charge is 0.497 e. The van der Waals surface area contributed by atoms with Gasteiger partial charge in [-0.3, -0.25) is 0 Å². The quantitative estimate of drug-likeness (QED) is 0.584. The second-order valence-corrected chi connectivity index (χ2v) is 6.02. The summed E-state index contributed by atoms with van der Waals surface area (Å²) in [5, 5.41) is 4.63. The van der Waals surface area contributed by atoms with E-state index in [1.807, 2.05) is 24.3 Å². The molecule has 25 heavy (non-hydrogen) atoms. The second kappa shape index (κ2) is 7.59. The molecule has 0 N–H and O–H groups in total. The fraction of sp³-hybridized carbons (Fsp3) is 0.111. The Bertz CT molecular complexity index is 887. The SMILES string of the molecule is COc1cccc(-c2cc(COC(=O)c3cc(Cl)cc(Cl)c3)no2)c1. The van der Waals surface area contributed by atoms with Crippen molar-refractivity contribution in [1.82, 2.24) is 5.16 Å². The molecule has 2 aromatic carbocycles. The Morgan fingerprint density at radius 3 is 2.60 bits per heavy atom. The standard InChI is InChI=1S/C18H13Cl2NO4/c1-23-16-4-2-3-11(7-16)17-9-15(21-25-17)10-24-18(22)12-5-13(19)8-14(20)6-12/h2-9H,10H2,1H3. The Kier molecular flexibility index (Phi) is 5.26. The first-order chi connectivity index (χ1) is 12.0. The monoisotopic (exact) mass is 377 g/mol. The van der Waals surface area contributed by atoms with Gasteiger partial charge in [0.05, 0.1) is 12.7 Å². The maximum absolute atomic E-state index is 12.1. The molecule has 0 amide bonds. The number of esters is 1. The molecular weight excluding hydrogens is 365 g/mol. The summed E-state index contributed by atoms with van der Waals surface area (Å²) < 4.78 is 15.7. The molecule has 128 valence electrons. The molecule has 0 fully saturated rings. The minimum Gasteiger partial charge on any atom is -0.497 e. The molecule has 0 aliphatic rings. The molecule has 5 nitrogen and oxygen atoms in total. The highest BCUT2D eigenvalue weighted by atomic mass is 35.5. The van der Waals surface area contributed by atoms with Crippen molar-refractivity contribution >= 4 is 29.2 Å². The van der Waals surface area contributed by atoms with E-state index in [-0.39, 0.29) is 12.2 Å². The van der Waals surface area contributed by atoms with Crippen molar-refractivity contribution in [2.45, 2.75) is 6.61 Å². The summed E-state index contributed by atoms with van der Waals surface area (Å²) >= 11 is 11.8. The van der Waals surface area contributed by atoms with Gasteiger partial charge in [-0.1, -0.05) is 40.5 Å². The van der Waals surface area contributed by atoms with Crippen LogP contribution in [0.2, 0.25) is 10.0 Å². The van der Waals surface area contributed by atoms with Crippen LogP contribution in [0.5, 0.6) is 5.75 Å². The van der Waals surface area contributed by atoms with Crippen LogP contribution in [0.3, 0.4) is 0 Å². The topological polar surface area (TPSA) is 61.6 Å². The summed E-state index contributed by atoms with van der Waals surface area (Å²) in [6.07, 6.45) is 0. The third kappa shape index (κ3) is 4.32.